The molecule has 0 amide bonds. The van der Waals surface area contributed by atoms with Crippen LogP contribution in [0.5, 0.6) is 0 Å². The van der Waals surface area contributed by atoms with Crippen molar-refractivity contribution in [1.82, 2.24) is 14.4 Å². The number of fused-ring (bicyclic) bond motifs is 1. The standard InChI is InChI=1S/C16H15N3O3S/c1-9-5-4-6-19-13(20)7-12(18-15(9)19)8-22-16(21)14-10(2)17-11(3)23-14/h4-7H,8H2,1-3H3. The van der Waals surface area contributed by atoms with Crippen molar-refractivity contribution in [3.63, 3.8) is 0 Å². The number of carbonyl (C=O) groups excluding carboxylic acids is 1. The predicted molar refractivity (Wildman–Crippen MR) is 86.9 cm³/mol. The molecule has 23 heavy (non-hydrogen) atoms. The van der Waals surface area contributed by atoms with E-state index in [4.69, 9.17) is 4.74 Å². The van der Waals surface area contributed by atoms with Crippen LogP contribution in [-0.4, -0.2) is 20.3 Å². The molecule has 0 bridgehead atoms. The third-order valence-corrected chi connectivity index (χ3v) is 4.43. The van der Waals surface area contributed by atoms with Crippen LogP contribution in [0, 0.1) is 20.8 Å². The van der Waals surface area contributed by atoms with E-state index in [1.165, 1.54) is 21.8 Å². The van der Waals surface area contributed by atoms with Crippen molar-refractivity contribution < 1.29 is 9.53 Å². The SMILES string of the molecule is Cc1nc(C)c(C(=O)OCc2cc(=O)n3cccc(C)c3n2)s1. The van der Waals surface area contributed by atoms with Gasteiger partial charge in [-0.25, -0.2) is 14.8 Å². The van der Waals surface area contributed by atoms with Crippen LogP contribution >= 0.6 is 11.3 Å². The Kier molecular flexibility index (Phi) is 3.96. The number of aryl methyl sites for hydroxylation is 3. The molecule has 0 atom stereocenters. The van der Waals surface area contributed by atoms with E-state index in [0.717, 1.165) is 10.6 Å². The number of nitrogens with zero attached hydrogens (tertiary/aromatic N) is 3. The van der Waals surface area contributed by atoms with Gasteiger partial charge in [0.2, 0.25) is 0 Å². The summed E-state index contributed by atoms with van der Waals surface area (Å²) in [5.74, 6) is -0.445. The largest absolute Gasteiger partial charge is 0.455 e. The minimum Gasteiger partial charge on any atom is -0.455 e. The van der Waals surface area contributed by atoms with Gasteiger partial charge >= 0.3 is 5.97 Å². The van der Waals surface area contributed by atoms with E-state index in [1.54, 1.807) is 19.2 Å². The maximum Gasteiger partial charge on any atom is 0.350 e. The zero-order valence-corrected chi connectivity index (χ0v) is 13.8. The number of pyridine rings is 1. The zero-order valence-electron chi connectivity index (χ0n) is 13.0. The Bertz CT molecular complexity index is 959. The van der Waals surface area contributed by atoms with Gasteiger partial charge in [0.1, 0.15) is 17.1 Å². The van der Waals surface area contributed by atoms with Crippen molar-refractivity contribution in [2.24, 2.45) is 0 Å². The first-order valence-electron chi connectivity index (χ1n) is 7.05. The van der Waals surface area contributed by atoms with Crippen LogP contribution in [-0.2, 0) is 11.3 Å². The highest BCUT2D eigenvalue weighted by molar-refractivity contribution is 7.13. The molecule has 3 heterocycles. The van der Waals surface area contributed by atoms with Gasteiger partial charge in [0.15, 0.2) is 0 Å². The molecule has 0 aliphatic carbocycles. The van der Waals surface area contributed by atoms with Gasteiger partial charge < -0.3 is 4.74 Å². The third kappa shape index (κ3) is 3.00. The molecule has 6 nitrogen and oxygen atoms in total. The van der Waals surface area contributed by atoms with Crippen molar-refractivity contribution in [1.29, 1.82) is 0 Å². The van der Waals surface area contributed by atoms with Crippen molar-refractivity contribution >= 4 is 23.0 Å². The molecule has 3 aromatic heterocycles. The molecule has 0 aliphatic heterocycles. The first-order chi connectivity index (χ1) is 11.0. The van der Waals surface area contributed by atoms with Gasteiger partial charge in [-0.3, -0.25) is 9.20 Å². The first kappa shape index (κ1) is 15.4. The highest BCUT2D eigenvalue weighted by Gasteiger charge is 2.16. The molecule has 0 spiro atoms. The van der Waals surface area contributed by atoms with Gasteiger partial charge in [-0.1, -0.05) is 6.07 Å². The van der Waals surface area contributed by atoms with E-state index in [2.05, 4.69) is 9.97 Å². The summed E-state index contributed by atoms with van der Waals surface area (Å²) in [6, 6.07) is 5.05. The van der Waals surface area contributed by atoms with Gasteiger partial charge in [-0.2, -0.15) is 0 Å². The molecular formula is C16H15N3O3S. The van der Waals surface area contributed by atoms with Crippen molar-refractivity contribution in [2.75, 3.05) is 0 Å². The Balaban J connectivity index is 1.85. The first-order valence-corrected chi connectivity index (χ1v) is 7.86. The lowest BCUT2D eigenvalue weighted by Crippen LogP contribution is -2.17. The summed E-state index contributed by atoms with van der Waals surface area (Å²) in [5.41, 5.74) is 2.33. The minimum atomic E-state index is -0.445. The average Bonchev–Trinajstić information content (AvgIpc) is 2.85. The maximum atomic E-state index is 12.1. The molecule has 0 saturated heterocycles. The molecule has 0 fully saturated rings. The second-order valence-corrected chi connectivity index (χ2v) is 6.40. The number of esters is 1. The quantitative estimate of drug-likeness (QED) is 0.690. The molecule has 3 rings (SSSR count). The molecule has 0 aromatic carbocycles. The minimum absolute atomic E-state index is 0.0463. The summed E-state index contributed by atoms with van der Waals surface area (Å²) < 4.78 is 6.74. The Labute approximate surface area is 136 Å². The normalized spacial score (nSPS) is 10.9. The maximum absolute atomic E-state index is 12.1. The molecule has 0 radical (unpaired) electrons. The molecule has 118 valence electrons. The monoisotopic (exact) mass is 329 g/mol. The number of aromatic nitrogens is 3. The highest BCUT2D eigenvalue weighted by atomic mass is 32.1. The molecule has 0 N–H and O–H groups in total. The van der Waals surface area contributed by atoms with E-state index in [9.17, 15) is 9.59 Å². The van der Waals surface area contributed by atoms with Crippen LogP contribution in [0.25, 0.3) is 5.65 Å². The molecule has 3 aromatic rings. The van der Waals surface area contributed by atoms with E-state index in [-0.39, 0.29) is 12.2 Å². The van der Waals surface area contributed by atoms with Crippen LogP contribution in [0.2, 0.25) is 0 Å². The smallest absolute Gasteiger partial charge is 0.350 e. The zero-order chi connectivity index (χ0) is 16.6. The average molecular weight is 329 g/mol. The summed E-state index contributed by atoms with van der Waals surface area (Å²) >= 11 is 1.29. The lowest BCUT2D eigenvalue weighted by molar-refractivity contribution is 0.0472. The number of carbonyl (C=O) groups is 1. The highest BCUT2D eigenvalue weighted by Crippen LogP contribution is 2.18. The van der Waals surface area contributed by atoms with E-state index in [1.807, 2.05) is 19.9 Å². The van der Waals surface area contributed by atoms with Crippen molar-refractivity contribution in [3.8, 4) is 0 Å². The van der Waals surface area contributed by atoms with Crippen LogP contribution in [0.1, 0.15) is 31.6 Å². The summed E-state index contributed by atoms with van der Waals surface area (Å²) in [6.07, 6.45) is 1.66. The van der Waals surface area contributed by atoms with Gasteiger partial charge in [-0.15, -0.1) is 11.3 Å². The summed E-state index contributed by atoms with van der Waals surface area (Å²) in [4.78, 5) is 33.3. The number of thiazole rings is 1. The molecule has 7 heteroatoms. The fraction of sp³-hybridized carbons (Fsp3) is 0.250. The Hall–Kier alpha value is -2.54. The van der Waals surface area contributed by atoms with E-state index < -0.39 is 5.97 Å². The number of hydrogen-bond acceptors (Lipinski definition) is 6. The topological polar surface area (TPSA) is 73.6 Å². The summed E-state index contributed by atoms with van der Waals surface area (Å²) in [5, 5.41) is 0.812. The fourth-order valence-corrected chi connectivity index (χ4v) is 3.12. The summed E-state index contributed by atoms with van der Waals surface area (Å²) in [6.45, 7) is 5.43. The Morgan fingerprint density at radius 3 is 2.78 bits per heavy atom. The lowest BCUT2D eigenvalue weighted by atomic mass is 10.3. The second-order valence-electron chi connectivity index (χ2n) is 5.19. The molecular weight excluding hydrogens is 314 g/mol. The van der Waals surface area contributed by atoms with Gasteiger partial charge in [0.25, 0.3) is 5.56 Å². The lowest BCUT2D eigenvalue weighted by Gasteiger charge is -2.07. The van der Waals surface area contributed by atoms with E-state index in [0.29, 0.717) is 21.9 Å². The summed E-state index contributed by atoms with van der Waals surface area (Å²) in [7, 11) is 0. The molecule has 0 saturated carbocycles. The third-order valence-electron chi connectivity index (χ3n) is 3.38. The van der Waals surface area contributed by atoms with Gasteiger partial charge in [-0.05, 0) is 32.4 Å². The Morgan fingerprint density at radius 2 is 2.09 bits per heavy atom. The van der Waals surface area contributed by atoms with Crippen molar-refractivity contribution in [2.45, 2.75) is 27.4 Å². The van der Waals surface area contributed by atoms with Crippen LogP contribution in [0.15, 0.2) is 29.2 Å². The second kappa shape index (κ2) is 5.92. The van der Waals surface area contributed by atoms with Crippen molar-refractivity contribution in [3.05, 3.63) is 61.6 Å². The Morgan fingerprint density at radius 1 is 1.30 bits per heavy atom. The number of ether oxygens (including phenoxy) is 1. The molecule has 0 unspecified atom stereocenters. The van der Waals surface area contributed by atoms with Gasteiger partial charge in [0.05, 0.1) is 16.4 Å². The molecule has 0 aliphatic rings. The van der Waals surface area contributed by atoms with Crippen LogP contribution in [0.4, 0.5) is 0 Å². The van der Waals surface area contributed by atoms with Gasteiger partial charge in [0, 0.05) is 12.3 Å². The predicted octanol–water partition coefficient (Wildman–Crippen LogP) is 2.43. The van der Waals surface area contributed by atoms with Crippen LogP contribution < -0.4 is 5.56 Å². The number of rotatable bonds is 3. The fourth-order valence-electron chi connectivity index (χ4n) is 2.31. The van der Waals surface area contributed by atoms with E-state index >= 15 is 0 Å². The number of hydrogen-bond donors (Lipinski definition) is 0. The van der Waals surface area contributed by atoms with Crippen LogP contribution in [0.3, 0.4) is 0 Å².